The maximum Gasteiger partial charge on any atom is 0.0350 e. The van der Waals surface area contributed by atoms with E-state index in [2.05, 4.69) is 66.6 Å². The van der Waals surface area contributed by atoms with Gasteiger partial charge in [0.15, 0.2) is 0 Å². The molecule has 0 aliphatic heterocycles. The van der Waals surface area contributed by atoms with Crippen molar-refractivity contribution in [2.45, 2.75) is 59.5 Å². The lowest BCUT2D eigenvalue weighted by Crippen LogP contribution is -2.45. The average Bonchev–Trinajstić information content (AvgIpc) is 2.37. The van der Waals surface area contributed by atoms with E-state index in [4.69, 9.17) is 0 Å². The van der Waals surface area contributed by atoms with Gasteiger partial charge in [-0.05, 0) is 39.7 Å². The fraction of sp³-hybridized carbons (Fsp3) is 0.750. The van der Waals surface area contributed by atoms with Gasteiger partial charge in [-0.3, -0.25) is 4.90 Å². The molecule has 0 heterocycles. The summed E-state index contributed by atoms with van der Waals surface area (Å²) in [5, 5.41) is 0. The molecule has 1 rings (SSSR count). The first-order valence-corrected chi connectivity index (χ1v) is 6.55. The normalized spacial score (nSPS) is 27.1. The van der Waals surface area contributed by atoms with Gasteiger partial charge in [-0.15, -0.1) is 0 Å². The zero-order chi connectivity index (χ0) is 13.6. The second-order valence-corrected chi connectivity index (χ2v) is 7.53. The van der Waals surface area contributed by atoms with Crippen molar-refractivity contribution in [3.8, 4) is 0 Å². The van der Waals surface area contributed by atoms with Gasteiger partial charge in [-0.2, -0.15) is 0 Å². The van der Waals surface area contributed by atoms with E-state index >= 15 is 0 Å². The molecule has 0 N–H and O–H groups in total. The molecule has 0 aromatic carbocycles. The number of likely N-dealkylation sites (N-methyl/N-ethyl adjacent to an activating group) is 1. The highest BCUT2D eigenvalue weighted by atomic mass is 15.2. The van der Waals surface area contributed by atoms with E-state index in [1.807, 2.05) is 0 Å². The first kappa shape index (κ1) is 14.5. The molecular weight excluding hydrogens is 206 g/mol. The maximum absolute atomic E-state index is 4.37. The summed E-state index contributed by atoms with van der Waals surface area (Å²) in [7, 11) is 2.20. The lowest BCUT2D eigenvalue weighted by molar-refractivity contribution is 0.137. The largest absolute Gasteiger partial charge is 0.295 e. The Hall–Kier alpha value is -0.560. The Labute approximate surface area is 108 Å². The first-order valence-electron chi connectivity index (χ1n) is 6.55. The Bertz CT molecular complexity index is 324. The summed E-state index contributed by atoms with van der Waals surface area (Å²) in [5.41, 5.74) is 3.12. The van der Waals surface area contributed by atoms with E-state index in [1.54, 1.807) is 0 Å². The summed E-state index contributed by atoms with van der Waals surface area (Å²) in [5.74, 6) is 0.456. The summed E-state index contributed by atoms with van der Waals surface area (Å²) in [6, 6.07) is 0.451. The highest BCUT2D eigenvalue weighted by Gasteiger charge is 2.42. The number of nitrogens with zero attached hydrogens (tertiary/aromatic N) is 1. The Kier molecular flexibility index (Phi) is 3.65. The van der Waals surface area contributed by atoms with Crippen molar-refractivity contribution in [2.24, 2.45) is 11.3 Å². The molecule has 1 aliphatic rings. The molecule has 1 fully saturated rings. The van der Waals surface area contributed by atoms with Gasteiger partial charge in [-0.1, -0.05) is 45.1 Å². The van der Waals surface area contributed by atoms with Crippen molar-refractivity contribution >= 4 is 0 Å². The van der Waals surface area contributed by atoms with Crippen LogP contribution in [0.3, 0.4) is 0 Å². The number of rotatable bonds is 1. The third-order valence-corrected chi connectivity index (χ3v) is 4.05. The molecule has 0 aromatic rings. The molecule has 1 nitrogen and oxygen atoms in total. The molecule has 0 bridgehead atoms. The first-order chi connectivity index (χ1) is 7.46. The van der Waals surface area contributed by atoms with Crippen molar-refractivity contribution in [1.82, 2.24) is 4.90 Å². The fourth-order valence-electron chi connectivity index (χ4n) is 2.97. The molecule has 17 heavy (non-hydrogen) atoms. The van der Waals surface area contributed by atoms with Crippen LogP contribution in [0, 0.1) is 11.3 Å². The molecule has 0 amide bonds. The summed E-state index contributed by atoms with van der Waals surface area (Å²) in [4.78, 5) is 2.44. The van der Waals surface area contributed by atoms with E-state index in [9.17, 15) is 0 Å². The number of hydrogen-bond acceptors (Lipinski definition) is 1. The third-order valence-electron chi connectivity index (χ3n) is 4.05. The molecule has 1 heteroatoms. The van der Waals surface area contributed by atoms with E-state index in [-0.39, 0.29) is 11.0 Å². The van der Waals surface area contributed by atoms with Crippen molar-refractivity contribution in [3.63, 3.8) is 0 Å². The topological polar surface area (TPSA) is 3.24 Å². The van der Waals surface area contributed by atoms with E-state index in [1.165, 1.54) is 11.1 Å². The Morgan fingerprint density at radius 1 is 1.06 bits per heavy atom. The summed E-state index contributed by atoms with van der Waals surface area (Å²) >= 11 is 0. The Balaban J connectivity index is 2.97. The molecule has 0 aromatic heterocycles. The standard InChI is InChI=1S/C16H29N/c1-11-10-13(17(9)16(6,7)8)12(2)14(11)15(3,4)5/h13-14H,1-2,10H2,3-9H3. The van der Waals surface area contributed by atoms with Crippen molar-refractivity contribution in [3.05, 3.63) is 24.3 Å². The molecule has 0 radical (unpaired) electrons. The molecule has 0 saturated heterocycles. The van der Waals surface area contributed by atoms with Gasteiger partial charge in [0.05, 0.1) is 0 Å². The molecule has 98 valence electrons. The van der Waals surface area contributed by atoms with Gasteiger partial charge in [0.1, 0.15) is 0 Å². The van der Waals surface area contributed by atoms with Crippen LogP contribution in [-0.4, -0.2) is 23.5 Å². The zero-order valence-corrected chi connectivity index (χ0v) is 12.7. The van der Waals surface area contributed by atoms with E-state index < -0.39 is 0 Å². The van der Waals surface area contributed by atoms with Crippen LogP contribution >= 0.6 is 0 Å². The zero-order valence-electron chi connectivity index (χ0n) is 12.7. The van der Waals surface area contributed by atoms with Gasteiger partial charge in [-0.25, -0.2) is 0 Å². The summed E-state index contributed by atoms with van der Waals surface area (Å²) in [6.07, 6.45) is 1.06. The van der Waals surface area contributed by atoms with Crippen LogP contribution in [0.1, 0.15) is 48.0 Å². The van der Waals surface area contributed by atoms with Crippen LogP contribution in [0.25, 0.3) is 0 Å². The molecule has 1 saturated carbocycles. The lowest BCUT2D eigenvalue weighted by Gasteiger charge is -2.38. The van der Waals surface area contributed by atoms with Gasteiger partial charge >= 0.3 is 0 Å². The maximum atomic E-state index is 4.37. The molecule has 2 atom stereocenters. The third kappa shape index (κ3) is 2.82. The minimum Gasteiger partial charge on any atom is -0.295 e. The van der Waals surface area contributed by atoms with Crippen LogP contribution in [0.15, 0.2) is 24.3 Å². The van der Waals surface area contributed by atoms with Crippen LogP contribution in [0.2, 0.25) is 0 Å². The fourth-order valence-corrected chi connectivity index (χ4v) is 2.97. The van der Waals surface area contributed by atoms with Crippen LogP contribution in [0.4, 0.5) is 0 Å². The van der Waals surface area contributed by atoms with Gasteiger partial charge < -0.3 is 0 Å². The monoisotopic (exact) mass is 235 g/mol. The van der Waals surface area contributed by atoms with Gasteiger partial charge in [0.2, 0.25) is 0 Å². The van der Waals surface area contributed by atoms with Crippen LogP contribution in [-0.2, 0) is 0 Å². The van der Waals surface area contributed by atoms with Gasteiger partial charge in [0, 0.05) is 17.5 Å². The van der Waals surface area contributed by atoms with E-state index in [0.717, 1.165) is 6.42 Å². The molecule has 1 aliphatic carbocycles. The van der Waals surface area contributed by atoms with Crippen molar-refractivity contribution in [1.29, 1.82) is 0 Å². The molecule has 2 unspecified atom stereocenters. The number of hydrogen-bond donors (Lipinski definition) is 0. The minimum absolute atomic E-state index is 0.181. The molecule has 0 spiro atoms. The smallest absolute Gasteiger partial charge is 0.0350 e. The van der Waals surface area contributed by atoms with Crippen LogP contribution in [0.5, 0.6) is 0 Å². The second-order valence-electron chi connectivity index (χ2n) is 7.53. The Morgan fingerprint density at radius 3 is 1.82 bits per heavy atom. The predicted molar refractivity (Wildman–Crippen MR) is 77.1 cm³/mol. The summed E-state index contributed by atoms with van der Waals surface area (Å²) in [6.45, 7) is 22.3. The molecular formula is C16H29N. The average molecular weight is 235 g/mol. The van der Waals surface area contributed by atoms with E-state index in [0.29, 0.717) is 12.0 Å². The quantitative estimate of drug-likeness (QED) is 0.614. The minimum atomic E-state index is 0.181. The predicted octanol–water partition coefficient (Wildman–Crippen LogP) is 4.26. The van der Waals surface area contributed by atoms with Gasteiger partial charge in [0.25, 0.3) is 0 Å². The second kappa shape index (κ2) is 4.28. The highest BCUT2D eigenvalue weighted by molar-refractivity contribution is 5.33. The van der Waals surface area contributed by atoms with Crippen molar-refractivity contribution < 1.29 is 0 Å². The van der Waals surface area contributed by atoms with Crippen molar-refractivity contribution in [2.75, 3.05) is 7.05 Å². The SMILES string of the molecule is C=C1CC(N(C)C(C)(C)C)C(=C)C1C(C)(C)C. The lowest BCUT2D eigenvalue weighted by atomic mass is 9.76. The van der Waals surface area contributed by atoms with Crippen LogP contribution < -0.4 is 0 Å². The highest BCUT2D eigenvalue weighted by Crippen LogP contribution is 2.47. The summed E-state index contributed by atoms with van der Waals surface area (Å²) < 4.78 is 0. The Morgan fingerprint density at radius 2 is 1.53 bits per heavy atom.